The Morgan fingerprint density at radius 2 is 2.16 bits per heavy atom. The maximum atomic E-state index is 12.0. The molecule has 1 N–H and O–H groups in total. The van der Waals surface area contributed by atoms with Crippen LogP contribution in [0.1, 0.15) is 34.1 Å². The maximum absolute atomic E-state index is 12.0. The first-order chi connectivity index (χ1) is 9.10. The summed E-state index contributed by atoms with van der Waals surface area (Å²) in [6, 6.07) is 7.58. The molecular formula is C15H19N3O. The van der Waals surface area contributed by atoms with E-state index in [0.29, 0.717) is 12.1 Å². The molecule has 0 atom stereocenters. The van der Waals surface area contributed by atoms with E-state index in [4.69, 9.17) is 0 Å². The number of nitrogens with one attached hydrogen (secondary N) is 1. The smallest absolute Gasteiger partial charge is 0.251 e. The van der Waals surface area contributed by atoms with E-state index in [1.165, 1.54) is 0 Å². The Labute approximate surface area is 113 Å². The van der Waals surface area contributed by atoms with Gasteiger partial charge in [-0.15, -0.1) is 0 Å². The number of rotatable bonds is 4. The van der Waals surface area contributed by atoms with Gasteiger partial charge in [0, 0.05) is 30.4 Å². The molecular weight excluding hydrogens is 238 g/mol. The number of amides is 1. The molecule has 0 aliphatic rings. The SMILES string of the molecule is CCn1cc(CNC(=O)c2cccc(C)c2)c(C)n1. The molecule has 2 rings (SSSR count). The van der Waals surface area contributed by atoms with Crippen LogP contribution in [0, 0.1) is 13.8 Å². The number of hydrogen-bond acceptors (Lipinski definition) is 2. The van der Waals surface area contributed by atoms with Crippen LogP contribution in [0.15, 0.2) is 30.5 Å². The fourth-order valence-electron chi connectivity index (χ4n) is 1.96. The summed E-state index contributed by atoms with van der Waals surface area (Å²) in [5.74, 6) is -0.0488. The van der Waals surface area contributed by atoms with Crippen molar-refractivity contribution < 1.29 is 4.79 Å². The van der Waals surface area contributed by atoms with E-state index in [-0.39, 0.29) is 5.91 Å². The lowest BCUT2D eigenvalue weighted by atomic mass is 10.1. The van der Waals surface area contributed by atoms with Gasteiger partial charge in [0.2, 0.25) is 0 Å². The zero-order valence-electron chi connectivity index (χ0n) is 11.6. The van der Waals surface area contributed by atoms with E-state index < -0.39 is 0 Å². The van der Waals surface area contributed by atoms with Gasteiger partial charge < -0.3 is 5.32 Å². The van der Waals surface area contributed by atoms with E-state index in [0.717, 1.165) is 23.4 Å². The predicted molar refractivity (Wildman–Crippen MR) is 75.0 cm³/mol. The molecule has 0 saturated carbocycles. The van der Waals surface area contributed by atoms with Crippen molar-refractivity contribution in [3.8, 4) is 0 Å². The van der Waals surface area contributed by atoms with Crippen LogP contribution >= 0.6 is 0 Å². The van der Waals surface area contributed by atoms with Gasteiger partial charge in [0.1, 0.15) is 0 Å². The molecule has 0 aliphatic carbocycles. The highest BCUT2D eigenvalue weighted by molar-refractivity contribution is 5.94. The second kappa shape index (κ2) is 5.69. The molecule has 0 bridgehead atoms. The Bertz CT molecular complexity index is 587. The topological polar surface area (TPSA) is 46.9 Å². The average Bonchev–Trinajstić information content (AvgIpc) is 2.76. The fraction of sp³-hybridized carbons (Fsp3) is 0.333. The minimum absolute atomic E-state index is 0.0488. The Hall–Kier alpha value is -2.10. The Morgan fingerprint density at radius 3 is 2.79 bits per heavy atom. The molecule has 19 heavy (non-hydrogen) atoms. The first kappa shape index (κ1) is 13.3. The fourth-order valence-corrected chi connectivity index (χ4v) is 1.96. The van der Waals surface area contributed by atoms with Gasteiger partial charge in [-0.3, -0.25) is 9.48 Å². The molecule has 1 amide bonds. The number of aromatic nitrogens is 2. The third-order valence-electron chi connectivity index (χ3n) is 3.09. The van der Waals surface area contributed by atoms with Gasteiger partial charge in [0.25, 0.3) is 5.91 Å². The Morgan fingerprint density at radius 1 is 1.37 bits per heavy atom. The lowest BCUT2D eigenvalue weighted by Crippen LogP contribution is -2.22. The standard InChI is InChI=1S/C15H19N3O/c1-4-18-10-14(12(3)17-18)9-16-15(19)13-7-5-6-11(2)8-13/h5-8,10H,4,9H2,1-3H3,(H,16,19). The summed E-state index contributed by atoms with van der Waals surface area (Å²) in [7, 11) is 0. The average molecular weight is 257 g/mol. The van der Waals surface area contributed by atoms with Crippen LogP contribution in [0.3, 0.4) is 0 Å². The lowest BCUT2D eigenvalue weighted by Gasteiger charge is -2.05. The van der Waals surface area contributed by atoms with E-state index in [2.05, 4.69) is 10.4 Å². The molecule has 4 heteroatoms. The number of benzene rings is 1. The van der Waals surface area contributed by atoms with Crippen LogP contribution < -0.4 is 5.32 Å². The molecule has 1 aromatic carbocycles. The quantitative estimate of drug-likeness (QED) is 0.914. The molecule has 0 saturated heterocycles. The van der Waals surface area contributed by atoms with Crippen molar-refractivity contribution in [2.75, 3.05) is 0 Å². The minimum atomic E-state index is -0.0488. The summed E-state index contributed by atoms with van der Waals surface area (Å²) in [6.45, 7) is 7.33. The van der Waals surface area contributed by atoms with Crippen LogP contribution in [0.25, 0.3) is 0 Å². The molecule has 0 radical (unpaired) electrons. The van der Waals surface area contributed by atoms with Crippen molar-refractivity contribution in [2.45, 2.75) is 33.9 Å². The van der Waals surface area contributed by atoms with E-state index in [1.807, 2.05) is 55.9 Å². The molecule has 4 nitrogen and oxygen atoms in total. The van der Waals surface area contributed by atoms with Crippen molar-refractivity contribution in [1.82, 2.24) is 15.1 Å². The van der Waals surface area contributed by atoms with Gasteiger partial charge in [0.05, 0.1) is 5.69 Å². The van der Waals surface area contributed by atoms with Crippen molar-refractivity contribution >= 4 is 5.91 Å². The van der Waals surface area contributed by atoms with Gasteiger partial charge in [-0.2, -0.15) is 5.10 Å². The molecule has 0 aliphatic heterocycles. The van der Waals surface area contributed by atoms with Crippen LogP contribution in [-0.2, 0) is 13.1 Å². The molecule has 1 aromatic heterocycles. The summed E-state index contributed by atoms with van der Waals surface area (Å²) in [5, 5.41) is 7.29. The molecule has 0 spiro atoms. The van der Waals surface area contributed by atoms with Crippen LogP contribution in [0.2, 0.25) is 0 Å². The summed E-state index contributed by atoms with van der Waals surface area (Å²) in [6.07, 6.45) is 1.98. The summed E-state index contributed by atoms with van der Waals surface area (Å²) >= 11 is 0. The zero-order valence-corrected chi connectivity index (χ0v) is 11.6. The molecule has 1 heterocycles. The van der Waals surface area contributed by atoms with Gasteiger partial charge in [0.15, 0.2) is 0 Å². The minimum Gasteiger partial charge on any atom is -0.348 e. The third-order valence-corrected chi connectivity index (χ3v) is 3.09. The van der Waals surface area contributed by atoms with Gasteiger partial charge in [-0.25, -0.2) is 0 Å². The van der Waals surface area contributed by atoms with E-state index in [9.17, 15) is 4.79 Å². The Kier molecular flexibility index (Phi) is 4.00. The second-order valence-corrected chi connectivity index (χ2v) is 4.65. The molecule has 100 valence electrons. The van der Waals surface area contributed by atoms with Crippen LogP contribution in [0.4, 0.5) is 0 Å². The maximum Gasteiger partial charge on any atom is 0.251 e. The van der Waals surface area contributed by atoms with Gasteiger partial charge in [-0.1, -0.05) is 17.7 Å². The number of nitrogens with zero attached hydrogens (tertiary/aromatic N) is 2. The highest BCUT2D eigenvalue weighted by atomic mass is 16.1. The Balaban J connectivity index is 2.02. The molecule has 2 aromatic rings. The summed E-state index contributed by atoms with van der Waals surface area (Å²) in [5.41, 5.74) is 3.80. The normalized spacial score (nSPS) is 10.5. The van der Waals surface area contributed by atoms with Gasteiger partial charge in [-0.05, 0) is 32.9 Å². The van der Waals surface area contributed by atoms with Crippen molar-refractivity contribution in [1.29, 1.82) is 0 Å². The lowest BCUT2D eigenvalue weighted by molar-refractivity contribution is 0.0951. The van der Waals surface area contributed by atoms with E-state index in [1.54, 1.807) is 0 Å². The number of hydrogen-bond donors (Lipinski definition) is 1. The largest absolute Gasteiger partial charge is 0.348 e. The number of carbonyl (C=O) groups excluding carboxylic acids is 1. The number of aryl methyl sites for hydroxylation is 3. The zero-order chi connectivity index (χ0) is 13.8. The first-order valence-corrected chi connectivity index (χ1v) is 6.48. The molecule has 0 fully saturated rings. The van der Waals surface area contributed by atoms with Crippen molar-refractivity contribution in [2.24, 2.45) is 0 Å². The monoisotopic (exact) mass is 257 g/mol. The van der Waals surface area contributed by atoms with Crippen LogP contribution in [-0.4, -0.2) is 15.7 Å². The van der Waals surface area contributed by atoms with E-state index >= 15 is 0 Å². The predicted octanol–water partition coefficient (Wildman–Crippen LogP) is 2.45. The molecule has 0 unspecified atom stereocenters. The van der Waals surface area contributed by atoms with Crippen LogP contribution in [0.5, 0.6) is 0 Å². The van der Waals surface area contributed by atoms with Crippen molar-refractivity contribution in [3.05, 3.63) is 52.8 Å². The summed E-state index contributed by atoms with van der Waals surface area (Å²) < 4.78 is 1.88. The third kappa shape index (κ3) is 3.22. The second-order valence-electron chi connectivity index (χ2n) is 4.65. The van der Waals surface area contributed by atoms with Gasteiger partial charge >= 0.3 is 0 Å². The highest BCUT2D eigenvalue weighted by Crippen LogP contribution is 2.07. The summed E-state index contributed by atoms with van der Waals surface area (Å²) in [4.78, 5) is 12.0. The number of carbonyl (C=O) groups is 1. The highest BCUT2D eigenvalue weighted by Gasteiger charge is 2.08. The first-order valence-electron chi connectivity index (χ1n) is 6.48. The van der Waals surface area contributed by atoms with Crippen molar-refractivity contribution in [3.63, 3.8) is 0 Å².